The van der Waals surface area contributed by atoms with Gasteiger partial charge in [0.2, 0.25) is 5.91 Å². The molecule has 0 aliphatic heterocycles. The predicted octanol–water partition coefficient (Wildman–Crippen LogP) is 2.19. The van der Waals surface area contributed by atoms with Gasteiger partial charge in [0.1, 0.15) is 16.2 Å². The van der Waals surface area contributed by atoms with Crippen molar-refractivity contribution in [3.05, 3.63) is 17.3 Å². The summed E-state index contributed by atoms with van der Waals surface area (Å²) in [6, 6.07) is 1.55. The number of rotatable bonds is 4. The van der Waals surface area contributed by atoms with Gasteiger partial charge >= 0.3 is 6.03 Å². The number of aromatic nitrogens is 2. The fourth-order valence-corrected chi connectivity index (χ4v) is 3.54. The highest BCUT2D eigenvalue weighted by atomic mass is 32.2. The lowest BCUT2D eigenvalue weighted by molar-refractivity contribution is -0.119. The van der Waals surface area contributed by atoms with Crippen molar-refractivity contribution in [2.75, 3.05) is 7.05 Å². The summed E-state index contributed by atoms with van der Waals surface area (Å²) in [5, 5.41) is 5.91. The molecule has 2 aromatic heterocycles. The number of fused-ring (bicyclic) bond motifs is 1. The molecule has 0 bridgehead atoms. The molecule has 0 spiro atoms. The topological polar surface area (TPSA) is 84.0 Å². The summed E-state index contributed by atoms with van der Waals surface area (Å²) in [6.45, 7) is 3.83. The Kier molecular flexibility index (Phi) is 5.13. The molecule has 2 aromatic rings. The summed E-state index contributed by atoms with van der Waals surface area (Å²) in [5.74, 6) is -0.350. The first-order chi connectivity index (χ1) is 10.0. The van der Waals surface area contributed by atoms with Crippen LogP contribution in [-0.2, 0) is 11.2 Å². The zero-order chi connectivity index (χ0) is 15.4. The molecule has 2 rings (SSSR count). The van der Waals surface area contributed by atoms with E-state index in [1.54, 1.807) is 18.3 Å². The molecule has 8 heteroatoms. The van der Waals surface area contributed by atoms with E-state index >= 15 is 0 Å². The summed E-state index contributed by atoms with van der Waals surface area (Å²) >= 11 is 2.95. The van der Waals surface area contributed by atoms with E-state index in [9.17, 15) is 9.59 Å². The lowest BCUT2D eigenvalue weighted by atomic mass is 10.3. The summed E-state index contributed by atoms with van der Waals surface area (Å²) in [7, 11) is 1.46. The number of urea groups is 1. The molecule has 0 radical (unpaired) electrons. The largest absolute Gasteiger partial charge is 0.341 e. The van der Waals surface area contributed by atoms with Crippen LogP contribution < -0.4 is 10.6 Å². The molecule has 0 unspecified atom stereocenters. The number of aryl methyl sites for hydroxylation is 1. The van der Waals surface area contributed by atoms with E-state index in [1.807, 2.05) is 0 Å². The number of carbonyl (C=O) groups is 2. The van der Waals surface area contributed by atoms with Crippen molar-refractivity contribution in [3.8, 4) is 0 Å². The molecule has 6 nitrogen and oxygen atoms in total. The van der Waals surface area contributed by atoms with Gasteiger partial charge in [-0.15, -0.1) is 11.3 Å². The van der Waals surface area contributed by atoms with Gasteiger partial charge in [0, 0.05) is 17.3 Å². The van der Waals surface area contributed by atoms with Gasteiger partial charge in [-0.05, 0) is 19.4 Å². The Bertz CT molecular complexity index is 671. The van der Waals surface area contributed by atoms with Crippen LogP contribution in [0.5, 0.6) is 0 Å². The second-order valence-corrected chi connectivity index (χ2v) is 6.74. The zero-order valence-electron chi connectivity index (χ0n) is 12.0. The van der Waals surface area contributed by atoms with E-state index in [0.29, 0.717) is 0 Å². The Hall–Kier alpha value is -1.67. The number of thiophene rings is 1. The second kappa shape index (κ2) is 6.86. The second-order valence-electron chi connectivity index (χ2n) is 4.29. The van der Waals surface area contributed by atoms with Gasteiger partial charge in [0.05, 0.1) is 5.25 Å². The number of hydrogen-bond acceptors (Lipinski definition) is 6. The first-order valence-electron chi connectivity index (χ1n) is 6.47. The Labute approximate surface area is 130 Å². The number of hydrogen-bond donors (Lipinski definition) is 2. The van der Waals surface area contributed by atoms with Crippen LogP contribution in [0.25, 0.3) is 10.2 Å². The van der Waals surface area contributed by atoms with Crippen LogP contribution in [0.2, 0.25) is 0 Å². The van der Waals surface area contributed by atoms with Crippen molar-refractivity contribution in [3.63, 3.8) is 0 Å². The van der Waals surface area contributed by atoms with Crippen LogP contribution in [0.15, 0.2) is 17.4 Å². The highest BCUT2D eigenvalue weighted by Crippen LogP contribution is 2.32. The molecule has 0 saturated heterocycles. The van der Waals surface area contributed by atoms with Crippen LogP contribution >= 0.6 is 23.1 Å². The predicted molar refractivity (Wildman–Crippen MR) is 84.7 cm³/mol. The molecule has 2 heterocycles. The molecule has 2 N–H and O–H groups in total. The molecule has 112 valence electrons. The van der Waals surface area contributed by atoms with Gasteiger partial charge in [-0.25, -0.2) is 14.8 Å². The van der Waals surface area contributed by atoms with Gasteiger partial charge < -0.3 is 5.32 Å². The molecular weight excluding hydrogens is 308 g/mol. The molecule has 1 atom stereocenters. The Morgan fingerprint density at radius 2 is 2.19 bits per heavy atom. The van der Waals surface area contributed by atoms with E-state index in [1.165, 1.54) is 30.0 Å². The van der Waals surface area contributed by atoms with E-state index in [4.69, 9.17) is 0 Å². The fraction of sp³-hybridized carbons (Fsp3) is 0.385. The van der Waals surface area contributed by atoms with Crippen LogP contribution in [-0.4, -0.2) is 34.2 Å². The third-order valence-electron chi connectivity index (χ3n) is 2.81. The van der Waals surface area contributed by atoms with Crippen molar-refractivity contribution in [1.29, 1.82) is 0 Å². The molecule has 21 heavy (non-hydrogen) atoms. The fourth-order valence-electron chi connectivity index (χ4n) is 1.65. The minimum Gasteiger partial charge on any atom is -0.341 e. The average molecular weight is 324 g/mol. The first-order valence-corrected chi connectivity index (χ1v) is 8.17. The standard InChI is InChI=1S/C13H16N4O2S2/c1-4-8-5-9-11(15-6-16-12(9)21-8)20-7(2)10(18)17-13(19)14-3/h5-7H,4H2,1-3H3,(H2,14,17,18,19)/t7-/m0/s1. The lowest BCUT2D eigenvalue weighted by Crippen LogP contribution is -2.41. The highest BCUT2D eigenvalue weighted by Gasteiger charge is 2.19. The van der Waals surface area contributed by atoms with Gasteiger partial charge in [-0.2, -0.15) is 0 Å². The van der Waals surface area contributed by atoms with Crippen molar-refractivity contribution in [1.82, 2.24) is 20.6 Å². The maximum Gasteiger partial charge on any atom is 0.321 e. The maximum atomic E-state index is 11.9. The van der Waals surface area contributed by atoms with Gasteiger partial charge in [0.15, 0.2) is 0 Å². The normalized spacial score (nSPS) is 12.1. The Balaban J connectivity index is 2.17. The molecule has 0 aliphatic carbocycles. The highest BCUT2D eigenvalue weighted by molar-refractivity contribution is 8.00. The van der Waals surface area contributed by atoms with Crippen LogP contribution in [0.4, 0.5) is 4.79 Å². The van der Waals surface area contributed by atoms with Crippen molar-refractivity contribution in [2.45, 2.75) is 30.5 Å². The van der Waals surface area contributed by atoms with Gasteiger partial charge in [-0.3, -0.25) is 10.1 Å². The number of amides is 3. The third-order valence-corrected chi connectivity index (χ3v) is 5.12. The minimum absolute atomic E-state index is 0.350. The van der Waals surface area contributed by atoms with Crippen LogP contribution in [0.3, 0.4) is 0 Å². The number of nitrogens with zero attached hydrogens (tertiary/aromatic N) is 2. The van der Waals surface area contributed by atoms with Crippen molar-refractivity contribution in [2.24, 2.45) is 0 Å². The zero-order valence-corrected chi connectivity index (χ0v) is 13.6. The van der Waals surface area contributed by atoms with E-state index < -0.39 is 11.3 Å². The van der Waals surface area contributed by atoms with Gasteiger partial charge in [0.25, 0.3) is 0 Å². The third kappa shape index (κ3) is 3.70. The minimum atomic E-state index is -0.510. The smallest absolute Gasteiger partial charge is 0.321 e. The van der Waals surface area contributed by atoms with Crippen LogP contribution in [0, 0.1) is 0 Å². The van der Waals surface area contributed by atoms with E-state index in [2.05, 4.69) is 33.6 Å². The molecule has 0 fully saturated rings. The number of nitrogens with one attached hydrogen (secondary N) is 2. The number of thioether (sulfide) groups is 1. The van der Waals surface area contributed by atoms with Gasteiger partial charge in [-0.1, -0.05) is 18.7 Å². The average Bonchev–Trinajstić information content (AvgIpc) is 2.91. The summed E-state index contributed by atoms with van der Waals surface area (Å²) in [4.78, 5) is 33.7. The van der Waals surface area contributed by atoms with E-state index in [-0.39, 0.29) is 5.91 Å². The molecule has 0 aliphatic rings. The summed E-state index contributed by atoms with van der Waals surface area (Å²) in [6.07, 6.45) is 2.45. The number of imide groups is 1. The molecular formula is C13H16N4O2S2. The van der Waals surface area contributed by atoms with Crippen molar-refractivity contribution < 1.29 is 9.59 Å². The molecule has 0 aromatic carbocycles. The van der Waals surface area contributed by atoms with Crippen LogP contribution in [0.1, 0.15) is 18.7 Å². The summed E-state index contributed by atoms with van der Waals surface area (Å²) < 4.78 is 0. The lowest BCUT2D eigenvalue weighted by Gasteiger charge is -2.10. The Morgan fingerprint density at radius 1 is 1.43 bits per heavy atom. The summed E-state index contributed by atoms with van der Waals surface area (Å²) in [5.41, 5.74) is 0. The SMILES string of the molecule is CCc1cc2c(S[C@@H](C)C(=O)NC(=O)NC)ncnc2s1. The molecule has 0 saturated carbocycles. The van der Waals surface area contributed by atoms with Crippen molar-refractivity contribution >= 4 is 45.3 Å². The maximum absolute atomic E-state index is 11.9. The quantitative estimate of drug-likeness (QED) is 0.665. The monoisotopic (exact) mass is 324 g/mol. The first kappa shape index (κ1) is 15.7. The number of carbonyl (C=O) groups excluding carboxylic acids is 2. The molecule has 3 amide bonds. The Morgan fingerprint density at radius 3 is 2.86 bits per heavy atom. The van der Waals surface area contributed by atoms with E-state index in [0.717, 1.165) is 21.7 Å².